The third kappa shape index (κ3) is 5.23. The molecule has 0 saturated carbocycles. The molecule has 7 heteroatoms. The fourth-order valence-electron chi connectivity index (χ4n) is 2.65. The summed E-state index contributed by atoms with van der Waals surface area (Å²) in [6, 6.07) is 7.19. The summed E-state index contributed by atoms with van der Waals surface area (Å²) in [4.78, 5) is 36.7. The van der Waals surface area contributed by atoms with E-state index in [4.69, 9.17) is 11.6 Å². The van der Waals surface area contributed by atoms with Crippen LogP contribution in [0.1, 0.15) is 31.2 Å². The maximum absolute atomic E-state index is 12.1. The lowest BCUT2D eigenvalue weighted by Crippen LogP contribution is -2.37. The van der Waals surface area contributed by atoms with Crippen molar-refractivity contribution in [1.29, 1.82) is 0 Å². The predicted octanol–water partition coefficient (Wildman–Crippen LogP) is 1.90. The monoisotopic (exact) mass is 352 g/mol. The van der Waals surface area contributed by atoms with Gasteiger partial charge in [0.25, 0.3) is 0 Å². The van der Waals surface area contributed by atoms with Gasteiger partial charge in [0.1, 0.15) is 0 Å². The summed E-state index contributed by atoms with van der Waals surface area (Å²) in [5, 5.41) is 3.47. The average molecular weight is 353 g/mol. The number of carbonyl (C=O) groups is 3. The van der Waals surface area contributed by atoms with Gasteiger partial charge < -0.3 is 15.0 Å². The molecule has 0 radical (unpaired) electrons. The van der Waals surface area contributed by atoms with Crippen molar-refractivity contribution in [2.75, 3.05) is 13.7 Å². The number of hydrogen-bond acceptors (Lipinski definition) is 4. The number of nitrogens with one attached hydrogen (secondary N) is 1. The summed E-state index contributed by atoms with van der Waals surface area (Å²) in [7, 11) is 1.32. The first-order valence-corrected chi connectivity index (χ1v) is 8.24. The van der Waals surface area contributed by atoms with E-state index < -0.39 is 0 Å². The minimum absolute atomic E-state index is 0.00483. The van der Waals surface area contributed by atoms with Crippen molar-refractivity contribution < 1.29 is 19.1 Å². The van der Waals surface area contributed by atoms with E-state index >= 15 is 0 Å². The van der Waals surface area contributed by atoms with Crippen molar-refractivity contribution in [3.8, 4) is 0 Å². The molecule has 0 aromatic heterocycles. The highest BCUT2D eigenvalue weighted by Gasteiger charge is 2.30. The summed E-state index contributed by atoms with van der Waals surface area (Å²) in [6.07, 6.45) is 1.17. The number of nitrogens with zero attached hydrogens (tertiary/aromatic N) is 1. The van der Waals surface area contributed by atoms with E-state index in [2.05, 4.69) is 10.1 Å². The van der Waals surface area contributed by atoms with E-state index in [0.717, 1.165) is 5.56 Å². The van der Waals surface area contributed by atoms with Gasteiger partial charge in [0.15, 0.2) is 0 Å². The lowest BCUT2D eigenvalue weighted by Gasteiger charge is -2.18. The van der Waals surface area contributed by atoms with E-state index in [1.165, 1.54) is 7.11 Å². The Morgan fingerprint density at radius 1 is 1.33 bits per heavy atom. The highest BCUT2D eigenvalue weighted by Crippen LogP contribution is 2.20. The molecule has 1 N–H and O–H groups in total. The van der Waals surface area contributed by atoms with Gasteiger partial charge in [-0.3, -0.25) is 14.4 Å². The molecule has 0 bridgehead atoms. The molecule has 0 spiro atoms. The zero-order valence-corrected chi connectivity index (χ0v) is 14.3. The zero-order chi connectivity index (χ0) is 17.5. The second-order valence-electron chi connectivity index (χ2n) is 5.76. The van der Waals surface area contributed by atoms with E-state index in [-0.39, 0.29) is 43.1 Å². The van der Waals surface area contributed by atoms with Crippen molar-refractivity contribution >= 4 is 29.4 Å². The molecule has 1 aliphatic heterocycles. The van der Waals surface area contributed by atoms with Crippen LogP contribution in [0.5, 0.6) is 0 Å². The van der Waals surface area contributed by atoms with Crippen LogP contribution in [0, 0.1) is 0 Å². The second kappa shape index (κ2) is 8.68. The molecule has 0 aliphatic carbocycles. The molecule has 1 saturated heterocycles. The molecular formula is C17H21ClN2O4. The van der Waals surface area contributed by atoms with Gasteiger partial charge in [-0.15, -0.1) is 0 Å². The van der Waals surface area contributed by atoms with Crippen LogP contribution in [0.2, 0.25) is 5.02 Å². The van der Waals surface area contributed by atoms with Crippen LogP contribution in [0.25, 0.3) is 0 Å². The first-order valence-electron chi connectivity index (χ1n) is 7.87. The molecule has 1 heterocycles. The first-order chi connectivity index (χ1) is 11.5. The van der Waals surface area contributed by atoms with Gasteiger partial charge in [-0.25, -0.2) is 0 Å². The number of hydrogen-bond donors (Lipinski definition) is 1. The number of esters is 1. The van der Waals surface area contributed by atoms with Crippen LogP contribution in [0.4, 0.5) is 0 Å². The predicted molar refractivity (Wildman–Crippen MR) is 89.3 cm³/mol. The average Bonchev–Trinajstić information content (AvgIpc) is 2.88. The van der Waals surface area contributed by atoms with Crippen molar-refractivity contribution in [2.45, 2.75) is 38.3 Å². The fourth-order valence-corrected chi connectivity index (χ4v) is 2.84. The third-order valence-electron chi connectivity index (χ3n) is 3.91. The van der Waals surface area contributed by atoms with Crippen molar-refractivity contribution in [3.63, 3.8) is 0 Å². The van der Waals surface area contributed by atoms with E-state index in [0.29, 0.717) is 24.5 Å². The van der Waals surface area contributed by atoms with Gasteiger partial charge >= 0.3 is 5.97 Å². The Hall–Kier alpha value is -2.08. The van der Waals surface area contributed by atoms with Crippen LogP contribution in [0.15, 0.2) is 24.3 Å². The molecule has 2 amide bonds. The van der Waals surface area contributed by atoms with Crippen LogP contribution in [-0.4, -0.2) is 42.4 Å². The van der Waals surface area contributed by atoms with Gasteiger partial charge in [0, 0.05) is 37.4 Å². The molecule has 1 unspecified atom stereocenters. The number of amides is 2. The minimum Gasteiger partial charge on any atom is -0.469 e. The maximum atomic E-state index is 12.1. The molecule has 1 aromatic carbocycles. The number of ether oxygens (including phenoxy) is 1. The number of likely N-dealkylation sites (tertiary alicyclic amines) is 1. The van der Waals surface area contributed by atoms with Crippen LogP contribution in [-0.2, 0) is 25.7 Å². The van der Waals surface area contributed by atoms with Gasteiger partial charge in [-0.05, 0) is 18.1 Å². The molecule has 24 heavy (non-hydrogen) atoms. The van der Waals surface area contributed by atoms with Gasteiger partial charge in [-0.2, -0.15) is 0 Å². The zero-order valence-electron chi connectivity index (χ0n) is 13.6. The van der Waals surface area contributed by atoms with Crippen LogP contribution >= 0.6 is 11.6 Å². The second-order valence-corrected chi connectivity index (χ2v) is 6.17. The Bertz CT molecular complexity index is 620. The molecule has 1 fully saturated rings. The highest BCUT2D eigenvalue weighted by atomic mass is 35.5. The number of carbonyl (C=O) groups excluding carboxylic acids is 3. The molecule has 2 rings (SSSR count). The number of benzene rings is 1. The van der Waals surface area contributed by atoms with Gasteiger partial charge in [0.2, 0.25) is 11.8 Å². The smallest absolute Gasteiger partial charge is 0.305 e. The molecule has 1 atom stereocenters. The van der Waals surface area contributed by atoms with Crippen molar-refractivity contribution in [3.05, 3.63) is 34.9 Å². The minimum atomic E-state index is -0.329. The van der Waals surface area contributed by atoms with Crippen molar-refractivity contribution in [2.24, 2.45) is 0 Å². The highest BCUT2D eigenvalue weighted by molar-refractivity contribution is 6.31. The van der Waals surface area contributed by atoms with Gasteiger partial charge in [0.05, 0.1) is 13.2 Å². The Balaban J connectivity index is 1.78. The van der Waals surface area contributed by atoms with Gasteiger partial charge in [-0.1, -0.05) is 29.8 Å². The van der Waals surface area contributed by atoms with E-state index in [1.54, 1.807) is 11.0 Å². The lowest BCUT2D eigenvalue weighted by atomic mass is 10.2. The Kier molecular flexibility index (Phi) is 6.61. The Morgan fingerprint density at radius 3 is 2.79 bits per heavy atom. The van der Waals surface area contributed by atoms with Crippen molar-refractivity contribution in [1.82, 2.24) is 10.2 Å². The maximum Gasteiger partial charge on any atom is 0.305 e. The standard InChI is InChI=1S/C17H21ClN2O4/c1-24-17(23)8-4-7-15(21)19-13-9-16(22)20(11-13)10-12-5-2-3-6-14(12)18/h2-3,5-6,13H,4,7-11H2,1H3,(H,19,21). The summed E-state index contributed by atoms with van der Waals surface area (Å²) in [6.45, 7) is 0.903. The summed E-state index contributed by atoms with van der Waals surface area (Å²) >= 11 is 6.12. The molecule has 130 valence electrons. The summed E-state index contributed by atoms with van der Waals surface area (Å²) in [5.41, 5.74) is 0.887. The molecule has 6 nitrogen and oxygen atoms in total. The van der Waals surface area contributed by atoms with E-state index in [9.17, 15) is 14.4 Å². The molecule has 1 aliphatic rings. The van der Waals surface area contributed by atoms with Crippen LogP contribution < -0.4 is 5.32 Å². The summed E-state index contributed by atoms with van der Waals surface area (Å²) in [5.74, 6) is -0.490. The SMILES string of the molecule is COC(=O)CCCC(=O)NC1CC(=O)N(Cc2ccccc2Cl)C1. The first kappa shape index (κ1) is 18.3. The molecular weight excluding hydrogens is 332 g/mol. The topological polar surface area (TPSA) is 75.7 Å². The van der Waals surface area contributed by atoms with E-state index in [1.807, 2.05) is 18.2 Å². The number of halogens is 1. The number of rotatable bonds is 7. The summed E-state index contributed by atoms with van der Waals surface area (Å²) < 4.78 is 4.53. The Labute approximate surface area is 146 Å². The molecule has 1 aromatic rings. The quantitative estimate of drug-likeness (QED) is 0.760. The lowest BCUT2D eigenvalue weighted by molar-refractivity contribution is -0.140. The number of methoxy groups -OCH3 is 1. The Morgan fingerprint density at radius 2 is 2.08 bits per heavy atom. The normalized spacial score (nSPS) is 17.0. The largest absolute Gasteiger partial charge is 0.469 e. The fraction of sp³-hybridized carbons (Fsp3) is 0.471. The van der Waals surface area contributed by atoms with Crippen LogP contribution in [0.3, 0.4) is 0 Å². The third-order valence-corrected chi connectivity index (χ3v) is 4.28.